The van der Waals surface area contributed by atoms with E-state index in [2.05, 4.69) is 15.0 Å². The van der Waals surface area contributed by atoms with Gasteiger partial charge in [-0.2, -0.15) is 0 Å². The Labute approximate surface area is 157 Å². The highest BCUT2D eigenvalue weighted by molar-refractivity contribution is 7.88. The molecule has 0 spiro atoms. The maximum atomic E-state index is 12.2. The highest BCUT2D eigenvalue weighted by Crippen LogP contribution is 2.15. The molecule has 9 heteroatoms. The number of carboxylic acid groups (broad SMARTS) is 1. The van der Waals surface area contributed by atoms with Crippen LogP contribution in [0.4, 0.5) is 5.69 Å². The SMILES string of the molecule is CCC(C)NS(=O)(=O)Cc1cccc(NC(=O)c2ccc(C(=O)O)nc2)c1. The zero-order valence-electron chi connectivity index (χ0n) is 15.0. The number of aromatic carboxylic acids is 1. The molecule has 1 atom stereocenters. The standard InChI is InChI=1S/C18H21N3O5S/c1-3-12(2)21-27(25,26)11-13-5-4-6-15(9-13)20-17(22)14-7-8-16(18(23)24)19-10-14/h4-10,12,21H,3,11H2,1-2H3,(H,20,22)(H,23,24). The number of anilines is 1. The zero-order chi connectivity index (χ0) is 20.0. The van der Waals surface area contributed by atoms with E-state index in [4.69, 9.17) is 5.11 Å². The van der Waals surface area contributed by atoms with Gasteiger partial charge in [-0.3, -0.25) is 4.79 Å². The predicted octanol–water partition coefficient (Wildman–Crippen LogP) is 2.25. The van der Waals surface area contributed by atoms with E-state index in [-0.39, 0.29) is 23.1 Å². The lowest BCUT2D eigenvalue weighted by molar-refractivity contribution is 0.0690. The van der Waals surface area contributed by atoms with E-state index >= 15 is 0 Å². The van der Waals surface area contributed by atoms with Gasteiger partial charge in [0.1, 0.15) is 5.69 Å². The largest absolute Gasteiger partial charge is 0.477 e. The number of sulfonamides is 1. The van der Waals surface area contributed by atoms with E-state index < -0.39 is 21.9 Å². The van der Waals surface area contributed by atoms with Gasteiger partial charge in [-0.15, -0.1) is 0 Å². The molecule has 2 rings (SSSR count). The summed E-state index contributed by atoms with van der Waals surface area (Å²) in [6.07, 6.45) is 1.85. The van der Waals surface area contributed by atoms with Crippen LogP contribution in [0.1, 0.15) is 46.7 Å². The van der Waals surface area contributed by atoms with E-state index in [1.807, 2.05) is 6.92 Å². The first kappa shape index (κ1) is 20.5. The second kappa shape index (κ2) is 8.74. The lowest BCUT2D eigenvalue weighted by atomic mass is 10.2. The van der Waals surface area contributed by atoms with Gasteiger partial charge in [-0.05, 0) is 43.2 Å². The van der Waals surface area contributed by atoms with Gasteiger partial charge < -0.3 is 10.4 Å². The molecule has 3 N–H and O–H groups in total. The smallest absolute Gasteiger partial charge is 0.354 e. The lowest BCUT2D eigenvalue weighted by Crippen LogP contribution is -2.32. The van der Waals surface area contributed by atoms with Crippen LogP contribution in [0.25, 0.3) is 0 Å². The van der Waals surface area contributed by atoms with Crippen molar-refractivity contribution in [2.24, 2.45) is 0 Å². The summed E-state index contributed by atoms with van der Waals surface area (Å²) in [6, 6.07) is 8.96. The molecule has 0 saturated heterocycles. The molecule has 1 amide bonds. The summed E-state index contributed by atoms with van der Waals surface area (Å²) in [5.74, 6) is -1.85. The van der Waals surface area contributed by atoms with Crippen LogP contribution >= 0.6 is 0 Å². The number of nitrogens with zero attached hydrogens (tertiary/aromatic N) is 1. The van der Waals surface area contributed by atoms with Crippen molar-refractivity contribution in [3.05, 3.63) is 59.4 Å². The van der Waals surface area contributed by atoms with E-state index in [0.29, 0.717) is 17.7 Å². The minimum atomic E-state index is -3.48. The number of hydrogen-bond acceptors (Lipinski definition) is 5. The minimum absolute atomic E-state index is 0.154. The van der Waals surface area contributed by atoms with E-state index in [1.165, 1.54) is 18.3 Å². The Bertz CT molecular complexity index is 926. The lowest BCUT2D eigenvalue weighted by Gasteiger charge is -2.12. The molecule has 0 saturated carbocycles. The first-order chi connectivity index (χ1) is 12.7. The second-order valence-electron chi connectivity index (χ2n) is 6.08. The summed E-state index contributed by atoms with van der Waals surface area (Å²) in [7, 11) is -3.48. The van der Waals surface area contributed by atoms with Gasteiger partial charge in [0.15, 0.2) is 0 Å². The van der Waals surface area contributed by atoms with Crippen molar-refractivity contribution in [1.82, 2.24) is 9.71 Å². The Morgan fingerprint density at radius 2 is 1.96 bits per heavy atom. The fourth-order valence-corrected chi connectivity index (χ4v) is 3.73. The normalized spacial score (nSPS) is 12.4. The van der Waals surface area contributed by atoms with E-state index in [1.54, 1.807) is 31.2 Å². The van der Waals surface area contributed by atoms with Crippen molar-refractivity contribution in [3.63, 3.8) is 0 Å². The van der Waals surface area contributed by atoms with Gasteiger partial charge in [-0.25, -0.2) is 22.9 Å². The molecule has 8 nitrogen and oxygen atoms in total. The third-order valence-electron chi connectivity index (χ3n) is 3.78. The number of carbonyl (C=O) groups is 2. The Hall–Kier alpha value is -2.78. The molecular weight excluding hydrogens is 370 g/mol. The van der Waals surface area contributed by atoms with Crippen molar-refractivity contribution in [1.29, 1.82) is 0 Å². The van der Waals surface area contributed by atoms with Crippen LogP contribution < -0.4 is 10.0 Å². The third-order valence-corrected chi connectivity index (χ3v) is 5.25. The molecule has 0 aliphatic rings. The number of nitrogens with one attached hydrogen (secondary N) is 2. The molecule has 1 unspecified atom stereocenters. The molecule has 0 aliphatic carbocycles. The fourth-order valence-electron chi connectivity index (χ4n) is 2.25. The van der Waals surface area contributed by atoms with Crippen molar-refractivity contribution in [3.8, 4) is 0 Å². The average molecular weight is 391 g/mol. The monoisotopic (exact) mass is 391 g/mol. The predicted molar refractivity (Wildman–Crippen MR) is 101 cm³/mol. The van der Waals surface area contributed by atoms with Gasteiger partial charge in [0.05, 0.1) is 11.3 Å². The number of carbonyl (C=O) groups excluding carboxylic acids is 1. The summed E-state index contributed by atoms with van der Waals surface area (Å²) in [5, 5.41) is 11.5. The Morgan fingerprint density at radius 1 is 1.22 bits per heavy atom. The van der Waals surface area contributed by atoms with Gasteiger partial charge >= 0.3 is 5.97 Å². The van der Waals surface area contributed by atoms with Crippen LogP contribution in [0.2, 0.25) is 0 Å². The molecule has 1 heterocycles. The third kappa shape index (κ3) is 6.15. The van der Waals surface area contributed by atoms with Crippen molar-refractivity contribution in [2.75, 3.05) is 5.32 Å². The molecule has 0 bridgehead atoms. The number of rotatable bonds is 8. The summed E-state index contributed by atoms with van der Waals surface area (Å²) in [6.45, 7) is 3.68. The number of benzene rings is 1. The molecular formula is C18H21N3O5S. The molecule has 144 valence electrons. The molecule has 1 aromatic carbocycles. The van der Waals surface area contributed by atoms with Crippen LogP contribution in [-0.2, 0) is 15.8 Å². The van der Waals surface area contributed by atoms with Gasteiger partial charge in [0.25, 0.3) is 5.91 Å². The first-order valence-electron chi connectivity index (χ1n) is 8.30. The quantitative estimate of drug-likeness (QED) is 0.634. The molecule has 27 heavy (non-hydrogen) atoms. The Morgan fingerprint density at radius 3 is 2.56 bits per heavy atom. The van der Waals surface area contributed by atoms with Crippen LogP contribution in [0, 0.1) is 0 Å². The number of carboxylic acids is 1. The van der Waals surface area contributed by atoms with E-state index in [0.717, 1.165) is 0 Å². The van der Waals surface area contributed by atoms with Crippen LogP contribution in [-0.4, -0.2) is 36.4 Å². The molecule has 0 radical (unpaired) electrons. The minimum Gasteiger partial charge on any atom is -0.477 e. The topological polar surface area (TPSA) is 125 Å². The Balaban J connectivity index is 2.08. The van der Waals surface area contributed by atoms with Gasteiger partial charge in [0, 0.05) is 17.9 Å². The zero-order valence-corrected chi connectivity index (χ0v) is 15.8. The van der Waals surface area contributed by atoms with Gasteiger partial charge in [-0.1, -0.05) is 19.1 Å². The molecule has 0 fully saturated rings. The molecule has 1 aromatic heterocycles. The summed E-state index contributed by atoms with van der Waals surface area (Å²) >= 11 is 0. The van der Waals surface area contributed by atoms with Crippen molar-refractivity contribution in [2.45, 2.75) is 32.1 Å². The Kier molecular flexibility index (Phi) is 6.65. The maximum Gasteiger partial charge on any atom is 0.354 e. The number of hydrogen-bond donors (Lipinski definition) is 3. The number of amides is 1. The fraction of sp³-hybridized carbons (Fsp3) is 0.278. The van der Waals surface area contributed by atoms with Gasteiger partial charge in [0.2, 0.25) is 10.0 Å². The first-order valence-corrected chi connectivity index (χ1v) is 9.95. The van der Waals surface area contributed by atoms with Crippen molar-refractivity contribution >= 4 is 27.6 Å². The van der Waals surface area contributed by atoms with Crippen LogP contribution in [0.5, 0.6) is 0 Å². The second-order valence-corrected chi connectivity index (χ2v) is 7.83. The van der Waals surface area contributed by atoms with Crippen LogP contribution in [0.3, 0.4) is 0 Å². The molecule has 0 aliphatic heterocycles. The summed E-state index contributed by atoms with van der Waals surface area (Å²) in [5.41, 5.74) is 0.991. The van der Waals surface area contributed by atoms with Crippen LogP contribution in [0.15, 0.2) is 42.6 Å². The number of pyridine rings is 1. The van der Waals surface area contributed by atoms with E-state index in [9.17, 15) is 18.0 Å². The maximum absolute atomic E-state index is 12.2. The molecule has 2 aromatic rings. The summed E-state index contributed by atoms with van der Waals surface area (Å²) in [4.78, 5) is 26.7. The average Bonchev–Trinajstić information content (AvgIpc) is 2.61. The van der Waals surface area contributed by atoms with Crippen molar-refractivity contribution < 1.29 is 23.1 Å². The number of aromatic nitrogens is 1. The summed E-state index contributed by atoms with van der Waals surface area (Å²) < 4.78 is 26.9. The highest BCUT2D eigenvalue weighted by atomic mass is 32.2. The highest BCUT2D eigenvalue weighted by Gasteiger charge is 2.15.